The van der Waals surface area contributed by atoms with E-state index in [0.717, 1.165) is 16.1 Å². The summed E-state index contributed by atoms with van der Waals surface area (Å²) in [5.41, 5.74) is 3.23. The van der Waals surface area contributed by atoms with E-state index >= 15 is 0 Å². The van der Waals surface area contributed by atoms with Crippen LogP contribution in [0.5, 0.6) is 0 Å². The first-order valence-corrected chi connectivity index (χ1v) is 8.22. The summed E-state index contributed by atoms with van der Waals surface area (Å²) in [6.45, 7) is 4.10. The zero-order valence-electron chi connectivity index (χ0n) is 11.7. The van der Waals surface area contributed by atoms with Crippen LogP contribution in [0.3, 0.4) is 0 Å². The van der Waals surface area contributed by atoms with Crippen molar-refractivity contribution >= 4 is 45.9 Å². The van der Waals surface area contributed by atoms with Crippen LogP contribution >= 0.6 is 23.1 Å². The van der Waals surface area contributed by atoms with Crippen molar-refractivity contribution in [3.63, 3.8) is 0 Å². The van der Waals surface area contributed by atoms with Gasteiger partial charge in [-0.1, -0.05) is 18.2 Å². The first-order valence-electron chi connectivity index (χ1n) is 6.53. The summed E-state index contributed by atoms with van der Waals surface area (Å²) in [4.78, 5) is 18.3. The summed E-state index contributed by atoms with van der Waals surface area (Å²) in [6.07, 6.45) is 1.90. The van der Waals surface area contributed by atoms with Gasteiger partial charge in [0.15, 0.2) is 5.17 Å². The minimum absolute atomic E-state index is 0.0857. The fraction of sp³-hybridized carbons (Fsp3) is 0.125. The molecule has 1 amide bonds. The Bertz CT molecular complexity index is 746. The maximum Gasteiger partial charge on any atom is 0.264 e. The molecular weight excluding hydrogens is 300 g/mol. The van der Waals surface area contributed by atoms with Crippen molar-refractivity contribution in [3.8, 4) is 0 Å². The molecular formula is C16H14N2OS2. The molecule has 0 spiro atoms. The van der Waals surface area contributed by atoms with Gasteiger partial charge in [0.25, 0.3) is 5.91 Å². The van der Waals surface area contributed by atoms with E-state index in [1.54, 1.807) is 11.3 Å². The number of aryl methyl sites for hydroxylation is 1. The Kier molecular flexibility index (Phi) is 3.94. The third-order valence-corrected chi connectivity index (χ3v) is 4.99. The molecule has 2 heterocycles. The van der Waals surface area contributed by atoms with Gasteiger partial charge >= 0.3 is 0 Å². The van der Waals surface area contributed by atoms with Crippen LogP contribution in [-0.4, -0.2) is 11.1 Å². The number of hydrogen-bond acceptors (Lipinski definition) is 4. The Morgan fingerprint density at radius 2 is 2.05 bits per heavy atom. The van der Waals surface area contributed by atoms with Crippen molar-refractivity contribution in [2.24, 2.45) is 4.99 Å². The lowest BCUT2D eigenvalue weighted by molar-refractivity contribution is -0.115. The molecule has 21 heavy (non-hydrogen) atoms. The normalized spacial score (nSPS) is 18.5. The van der Waals surface area contributed by atoms with Crippen LogP contribution in [-0.2, 0) is 4.79 Å². The quantitative estimate of drug-likeness (QED) is 0.842. The first kappa shape index (κ1) is 14.1. The number of nitrogens with zero attached hydrogens (tertiary/aromatic N) is 1. The van der Waals surface area contributed by atoms with Gasteiger partial charge in [0.1, 0.15) is 0 Å². The summed E-state index contributed by atoms with van der Waals surface area (Å²) >= 11 is 3.00. The summed E-state index contributed by atoms with van der Waals surface area (Å²) < 4.78 is 0. The number of thiophene rings is 1. The van der Waals surface area contributed by atoms with E-state index in [2.05, 4.69) is 23.3 Å². The molecule has 106 valence electrons. The van der Waals surface area contributed by atoms with Crippen LogP contribution in [0.1, 0.15) is 16.0 Å². The van der Waals surface area contributed by atoms with Crippen molar-refractivity contribution in [1.82, 2.24) is 5.32 Å². The number of amides is 1. The molecule has 1 aliphatic heterocycles. The van der Waals surface area contributed by atoms with Gasteiger partial charge in [0.2, 0.25) is 0 Å². The third kappa shape index (κ3) is 3.09. The third-order valence-electron chi connectivity index (χ3n) is 3.27. The molecule has 0 saturated carbocycles. The Morgan fingerprint density at radius 3 is 2.81 bits per heavy atom. The maximum absolute atomic E-state index is 12.0. The highest BCUT2D eigenvalue weighted by molar-refractivity contribution is 8.18. The van der Waals surface area contributed by atoms with Crippen molar-refractivity contribution in [3.05, 3.63) is 56.6 Å². The molecule has 1 N–H and O–H groups in total. The summed E-state index contributed by atoms with van der Waals surface area (Å²) in [6, 6.07) is 9.96. The van der Waals surface area contributed by atoms with E-state index in [1.807, 2.05) is 42.6 Å². The molecule has 1 aromatic carbocycles. The second-order valence-corrected chi connectivity index (χ2v) is 6.73. The number of benzene rings is 1. The van der Waals surface area contributed by atoms with E-state index in [-0.39, 0.29) is 5.91 Å². The smallest absolute Gasteiger partial charge is 0.264 e. The maximum atomic E-state index is 12.0. The lowest BCUT2D eigenvalue weighted by Crippen LogP contribution is -2.19. The summed E-state index contributed by atoms with van der Waals surface area (Å²) in [5.74, 6) is -0.0857. The molecule has 1 aromatic heterocycles. The van der Waals surface area contributed by atoms with Crippen molar-refractivity contribution in [2.75, 3.05) is 0 Å². The average Bonchev–Trinajstić information content (AvgIpc) is 3.07. The molecule has 0 unspecified atom stereocenters. The minimum Gasteiger partial charge on any atom is -0.300 e. The number of rotatable bonds is 2. The van der Waals surface area contributed by atoms with E-state index in [1.165, 1.54) is 17.3 Å². The van der Waals surface area contributed by atoms with Gasteiger partial charge in [-0.05, 0) is 60.3 Å². The molecule has 2 aromatic rings. The largest absolute Gasteiger partial charge is 0.300 e. The highest BCUT2D eigenvalue weighted by Gasteiger charge is 2.24. The van der Waals surface area contributed by atoms with E-state index < -0.39 is 0 Å². The van der Waals surface area contributed by atoms with E-state index in [0.29, 0.717) is 10.1 Å². The highest BCUT2D eigenvalue weighted by atomic mass is 32.2. The van der Waals surface area contributed by atoms with Crippen molar-refractivity contribution in [1.29, 1.82) is 0 Å². The Labute approximate surface area is 131 Å². The van der Waals surface area contributed by atoms with Gasteiger partial charge in [0, 0.05) is 4.88 Å². The van der Waals surface area contributed by atoms with Gasteiger partial charge in [0.05, 0.1) is 10.6 Å². The standard InChI is InChI=1S/C16H14N2OS2/c1-10-5-3-7-13(11(10)2)17-16-18-15(19)14(21-16)9-12-6-4-8-20-12/h3-9H,1-2H3,(H,17,18,19)/b14-9-. The van der Waals surface area contributed by atoms with Gasteiger partial charge in [-0.25, -0.2) is 4.99 Å². The molecule has 1 aliphatic rings. The van der Waals surface area contributed by atoms with Gasteiger partial charge in [-0.15, -0.1) is 11.3 Å². The van der Waals surface area contributed by atoms with Crippen LogP contribution in [0.25, 0.3) is 6.08 Å². The summed E-state index contributed by atoms with van der Waals surface area (Å²) in [7, 11) is 0. The van der Waals surface area contributed by atoms with Crippen molar-refractivity contribution in [2.45, 2.75) is 13.8 Å². The molecule has 1 saturated heterocycles. The lowest BCUT2D eigenvalue weighted by Gasteiger charge is -2.04. The summed E-state index contributed by atoms with van der Waals surface area (Å²) in [5, 5.41) is 5.45. The van der Waals surface area contributed by atoms with Gasteiger partial charge in [-0.2, -0.15) is 0 Å². The number of carbonyl (C=O) groups excluding carboxylic acids is 1. The zero-order chi connectivity index (χ0) is 14.8. The highest BCUT2D eigenvalue weighted by Crippen LogP contribution is 2.30. The average molecular weight is 314 g/mol. The molecule has 5 heteroatoms. The topological polar surface area (TPSA) is 41.5 Å². The number of thioether (sulfide) groups is 1. The van der Waals surface area contributed by atoms with E-state index in [9.17, 15) is 4.79 Å². The minimum atomic E-state index is -0.0857. The second-order valence-electron chi connectivity index (χ2n) is 4.72. The Morgan fingerprint density at radius 1 is 1.19 bits per heavy atom. The zero-order valence-corrected chi connectivity index (χ0v) is 13.3. The molecule has 3 nitrogen and oxygen atoms in total. The van der Waals surface area contributed by atoms with Gasteiger partial charge < -0.3 is 5.32 Å². The predicted molar refractivity (Wildman–Crippen MR) is 91.0 cm³/mol. The van der Waals surface area contributed by atoms with Crippen LogP contribution in [0.4, 0.5) is 5.69 Å². The molecule has 3 rings (SSSR count). The Hall–Kier alpha value is -1.85. The number of nitrogens with one attached hydrogen (secondary N) is 1. The Balaban J connectivity index is 1.87. The number of aliphatic imine (C=N–C) groups is 1. The molecule has 0 radical (unpaired) electrons. The number of hydrogen-bond donors (Lipinski definition) is 1. The van der Waals surface area contributed by atoms with Crippen LogP contribution in [0.2, 0.25) is 0 Å². The van der Waals surface area contributed by atoms with Crippen LogP contribution < -0.4 is 5.32 Å². The van der Waals surface area contributed by atoms with Crippen molar-refractivity contribution < 1.29 is 4.79 Å². The SMILES string of the molecule is Cc1cccc(N=C2NC(=O)/C(=C/c3cccs3)S2)c1C. The number of carbonyl (C=O) groups is 1. The monoisotopic (exact) mass is 314 g/mol. The van der Waals surface area contributed by atoms with Gasteiger partial charge in [-0.3, -0.25) is 4.79 Å². The molecule has 0 aliphatic carbocycles. The molecule has 0 bridgehead atoms. The van der Waals surface area contributed by atoms with E-state index in [4.69, 9.17) is 0 Å². The number of amidine groups is 1. The van der Waals surface area contributed by atoms with Crippen LogP contribution in [0, 0.1) is 13.8 Å². The molecule has 0 atom stereocenters. The first-order chi connectivity index (χ1) is 10.1. The fourth-order valence-corrected chi connectivity index (χ4v) is 3.51. The fourth-order valence-electron chi connectivity index (χ4n) is 1.95. The second kappa shape index (κ2) is 5.87. The lowest BCUT2D eigenvalue weighted by atomic mass is 10.1. The predicted octanol–water partition coefficient (Wildman–Crippen LogP) is 4.26. The van der Waals surface area contributed by atoms with Crippen LogP contribution in [0.15, 0.2) is 45.6 Å². The molecule has 1 fully saturated rings.